The van der Waals surface area contributed by atoms with E-state index in [-0.39, 0.29) is 5.56 Å². The van der Waals surface area contributed by atoms with Crippen molar-refractivity contribution in [3.8, 4) is 44.8 Å². The molecule has 5 heteroatoms. The van der Waals surface area contributed by atoms with E-state index in [0.717, 1.165) is 83.2 Å². The lowest BCUT2D eigenvalue weighted by Gasteiger charge is -2.16. The van der Waals surface area contributed by atoms with E-state index >= 15 is 0 Å². The summed E-state index contributed by atoms with van der Waals surface area (Å²) in [7, 11) is 0. The fourth-order valence-electron chi connectivity index (χ4n) is 7.27. The fraction of sp³-hybridized carbons (Fsp3) is 0.0444. The molecular weight excluding hydrogens is 615 g/mol. The Balaban J connectivity index is 1.22. The zero-order valence-corrected chi connectivity index (χ0v) is 27.4. The van der Waals surface area contributed by atoms with Gasteiger partial charge in [0.25, 0.3) is 5.56 Å². The number of nitrogens with zero attached hydrogens (tertiary/aromatic N) is 2. The van der Waals surface area contributed by atoms with E-state index in [4.69, 9.17) is 14.4 Å². The number of fused-ring (bicyclic) bond motifs is 4. The van der Waals surface area contributed by atoms with E-state index < -0.39 is 0 Å². The Labute approximate surface area is 288 Å². The van der Waals surface area contributed by atoms with Gasteiger partial charge in [0, 0.05) is 39.2 Å². The van der Waals surface area contributed by atoms with Crippen LogP contribution in [0.25, 0.3) is 77.6 Å². The number of H-pyrrole nitrogens is 1. The standard InChI is InChI=1S/C45H31N3O2/c1-28-42-33(34-22-13-25-40-44(34)35-20-10-11-24-39(35)50-40)21-12-23-36(42)48-45(49)43(28)32-19-9-8-18-31(32)26-41-46-37(29-14-4-2-5-15-29)27-38(47-41)30-16-6-3-7-17-30/h2-25,27H,26H2,1H3,(H,48,49). The molecule has 0 saturated carbocycles. The van der Waals surface area contributed by atoms with Gasteiger partial charge in [-0.1, -0.05) is 127 Å². The summed E-state index contributed by atoms with van der Waals surface area (Å²) < 4.78 is 6.24. The van der Waals surface area contributed by atoms with E-state index in [9.17, 15) is 4.79 Å². The van der Waals surface area contributed by atoms with Gasteiger partial charge < -0.3 is 9.40 Å². The second-order valence-electron chi connectivity index (χ2n) is 12.6. The Bertz CT molecular complexity index is 2710. The smallest absolute Gasteiger partial charge is 0.256 e. The van der Waals surface area contributed by atoms with Crippen LogP contribution in [-0.2, 0) is 6.42 Å². The van der Waals surface area contributed by atoms with E-state index in [2.05, 4.69) is 60.4 Å². The monoisotopic (exact) mass is 645 g/mol. The lowest BCUT2D eigenvalue weighted by Crippen LogP contribution is -2.13. The topological polar surface area (TPSA) is 71.8 Å². The summed E-state index contributed by atoms with van der Waals surface area (Å²) >= 11 is 0. The third-order valence-electron chi connectivity index (χ3n) is 9.53. The maximum atomic E-state index is 14.0. The highest BCUT2D eigenvalue weighted by Gasteiger charge is 2.20. The Kier molecular flexibility index (Phi) is 7.17. The van der Waals surface area contributed by atoms with Crippen molar-refractivity contribution in [3.63, 3.8) is 0 Å². The predicted octanol–water partition coefficient (Wildman–Crippen LogP) is 10.8. The molecule has 5 nitrogen and oxygen atoms in total. The molecule has 0 spiro atoms. The number of para-hydroxylation sites is 1. The summed E-state index contributed by atoms with van der Waals surface area (Å²) in [6, 6.07) is 50.9. The van der Waals surface area contributed by atoms with Crippen molar-refractivity contribution in [2.75, 3.05) is 0 Å². The van der Waals surface area contributed by atoms with Crippen molar-refractivity contribution in [2.45, 2.75) is 13.3 Å². The molecule has 0 amide bonds. The molecule has 0 aliphatic carbocycles. The van der Waals surface area contributed by atoms with Crippen LogP contribution in [0.15, 0.2) is 161 Å². The zero-order chi connectivity index (χ0) is 33.6. The number of hydrogen-bond donors (Lipinski definition) is 1. The minimum atomic E-state index is -0.129. The van der Waals surface area contributed by atoms with Crippen molar-refractivity contribution in [1.29, 1.82) is 0 Å². The molecule has 1 N–H and O–H groups in total. The van der Waals surface area contributed by atoms with Gasteiger partial charge in [-0.25, -0.2) is 9.97 Å². The van der Waals surface area contributed by atoms with Crippen molar-refractivity contribution in [1.82, 2.24) is 15.0 Å². The molecular formula is C45H31N3O2. The summed E-state index contributed by atoms with van der Waals surface area (Å²) in [5, 5.41) is 3.13. The first-order chi connectivity index (χ1) is 24.6. The Morgan fingerprint density at radius 1 is 0.580 bits per heavy atom. The number of hydrogen-bond acceptors (Lipinski definition) is 4. The van der Waals surface area contributed by atoms with Crippen molar-refractivity contribution in [3.05, 3.63) is 179 Å². The quantitative estimate of drug-likeness (QED) is 0.195. The minimum absolute atomic E-state index is 0.129. The van der Waals surface area contributed by atoms with Gasteiger partial charge in [0.1, 0.15) is 17.0 Å². The Morgan fingerprint density at radius 2 is 1.16 bits per heavy atom. The second-order valence-corrected chi connectivity index (χ2v) is 12.6. The molecule has 0 saturated heterocycles. The molecule has 0 bridgehead atoms. The summed E-state index contributed by atoms with van der Waals surface area (Å²) in [5.74, 6) is 0.687. The molecule has 238 valence electrons. The Hall–Kier alpha value is -6.59. The lowest BCUT2D eigenvalue weighted by atomic mass is 9.89. The third-order valence-corrected chi connectivity index (χ3v) is 9.53. The van der Waals surface area contributed by atoms with Gasteiger partial charge in [-0.15, -0.1) is 0 Å². The molecule has 50 heavy (non-hydrogen) atoms. The molecule has 9 aromatic rings. The van der Waals surface area contributed by atoms with E-state index in [1.807, 2.05) is 103 Å². The zero-order valence-electron chi connectivity index (χ0n) is 27.4. The predicted molar refractivity (Wildman–Crippen MR) is 203 cm³/mol. The maximum Gasteiger partial charge on any atom is 0.256 e. The van der Waals surface area contributed by atoms with Gasteiger partial charge in [-0.05, 0) is 59.0 Å². The van der Waals surface area contributed by atoms with Crippen LogP contribution in [0.2, 0.25) is 0 Å². The molecule has 0 fully saturated rings. The summed E-state index contributed by atoms with van der Waals surface area (Å²) in [4.78, 5) is 27.4. The van der Waals surface area contributed by atoms with Crippen LogP contribution in [0.3, 0.4) is 0 Å². The number of aromatic amines is 1. The normalized spacial score (nSPS) is 11.5. The van der Waals surface area contributed by atoms with Gasteiger partial charge in [0.05, 0.1) is 17.0 Å². The number of furan rings is 1. The maximum absolute atomic E-state index is 14.0. The average Bonchev–Trinajstić information content (AvgIpc) is 3.55. The SMILES string of the molecule is Cc1c(-c2ccccc2Cc2nc(-c3ccccc3)cc(-c3ccccc3)n2)c(=O)[nH]c2cccc(-c3cccc4oc5ccccc5c34)c12. The van der Waals surface area contributed by atoms with Crippen LogP contribution >= 0.6 is 0 Å². The fourth-order valence-corrected chi connectivity index (χ4v) is 7.27. The first kappa shape index (κ1) is 29.5. The largest absolute Gasteiger partial charge is 0.456 e. The van der Waals surface area contributed by atoms with E-state index in [1.54, 1.807) is 0 Å². The molecule has 0 unspecified atom stereocenters. The first-order valence-corrected chi connectivity index (χ1v) is 16.8. The van der Waals surface area contributed by atoms with Crippen LogP contribution in [0.1, 0.15) is 17.0 Å². The Morgan fingerprint density at radius 3 is 1.90 bits per heavy atom. The second kappa shape index (κ2) is 12.1. The number of pyridine rings is 1. The molecule has 0 aliphatic rings. The van der Waals surface area contributed by atoms with E-state index in [0.29, 0.717) is 17.8 Å². The number of benzene rings is 6. The molecule has 0 aliphatic heterocycles. The molecule has 3 aromatic heterocycles. The van der Waals surface area contributed by atoms with Crippen molar-refractivity contribution < 1.29 is 4.42 Å². The summed E-state index contributed by atoms with van der Waals surface area (Å²) in [5.41, 5.74) is 11.6. The van der Waals surface area contributed by atoms with Crippen LogP contribution in [0.4, 0.5) is 0 Å². The van der Waals surface area contributed by atoms with Gasteiger partial charge in [0.15, 0.2) is 0 Å². The number of nitrogens with one attached hydrogen (secondary N) is 1. The van der Waals surface area contributed by atoms with E-state index in [1.165, 1.54) is 0 Å². The summed E-state index contributed by atoms with van der Waals surface area (Å²) in [6.45, 7) is 2.06. The van der Waals surface area contributed by atoms with Gasteiger partial charge in [0.2, 0.25) is 0 Å². The average molecular weight is 646 g/mol. The highest BCUT2D eigenvalue weighted by atomic mass is 16.3. The van der Waals surface area contributed by atoms with Gasteiger partial charge >= 0.3 is 0 Å². The van der Waals surface area contributed by atoms with Crippen LogP contribution in [0.5, 0.6) is 0 Å². The first-order valence-electron chi connectivity index (χ1n) is 16.8. The summed E-state index contributed by atoms with van der Waals surface area (Å²) in [6.07, 6.45) is 0.454. The molecule has 0 radical (unpaired) electrons. The van der Waals surface area contributed by atoms with Crippen LogP contribution in [-0.4, -0.2) is 15.0 Å². The van der Waals surface area contributed by atoms with Gasteiger partial charge in [-0.2, -0.15) is 0 Å². The highest BCUT2D eigenvalue weighted by Crippen LogP contribution is 2.41. The lowest BCUT2D eigenvalue weighted by molar-refractivity contribution is 0.669. The minimum Gasteiger partial charge on any atom is -0.456 e. The number of aromatic nitrogens is 3. The number of aryl methyl sites for hydroxylation is 1. The van der Waals surface area contributed by atoms with Crippen molar-refractivity contribution in [2.24, 2.45) is 0 Å². The van der Waals surface area contributed by atoms with Crippen LogP contribution in [0, 0.1) is 6.92 Å². The van der Waals surface area contributed by atoms with Gasteiger partial charge in [-0.3, -0.25) is 4.79 Å². The third kappa shape index (κ3) is 5.08. The molecule has 6 aromatic carbocycles. The highest BCUT2D eigenvalue weighted by molar-refractivity contribution is 6.15. The number of rotatable bonds is 6. The van der Waals surface area contributed by atoms with Crippen LogP contribution < -0.4 is 5.56 Å². The molecule has 9 rings (SSSR count). The van der Waals surface area contributed by atoms with Crippen molar-refractivity contribution >= 4 is 32.8 Å². The molecule has 0 atom stereocenters. The molecule has 3 heterocycles.